The highest BCUT2D eigenvalue weighted by Crippen LogP contribution is 2.36. The molecule has 0 saturated heterocycles. The predicted molar refractivity (Wildman–Crippen MR) is 149 cm³/mol. The third-order valence-corrected chi connectivity index (χ3v) is 6.09. The molecule has 5 aromatic rings. The lowest BCUT2D eigenvalue weighted by atomic mass is 10.1. The van der Waals surface area contributed by atoms with E-state index in [0.717, 1.165) is 5.56 Å². The van der Waals surface area contributed by atoms with Crippen LogP contribution in [0.2, 0.25) is 5.02 Å². The quantitative estimate of drug-likeness (QED) is 0.0887. The molecule has 38 heavy (non-hydrogen) atoms. The van der Waals surface area contributed by atoms with Crippen molar-refractivity contribution in [2.75, 3.05) is 6.61 Å². The minimum absolute atomic E-state index is 0.161. The maximum atomic E-state index is 13.5. The fourth-order valence-electron chi connectivity index (χ4n) is 4.05. The molecule has 188 valence electrons. The fourth-order valence-corrected chi connectivity index (χ4v) is 4.18. The van der Waals surface area contributed by atoms with E-state index >= 15 is 0 Å². The van der Waals surface area contributed by atoms with Gasteiger partial charge in [0.15, 0.2) is 5.78 Å². The molecule has 0 atom stereocenters. The standard InChI is InChI=1S/C32H23ClO5/c1-2-36-25-16-18-29-27(20-25)30(31(38-29)23-8-4-3-5-9-23)32(35)37-26-10-6-7-21(19-26)11-17-28(34)22-12-14-24(33)15-13-22/h3-20H,2H2,1H3/b17-11+. The molecule has 0 bridgehead atoms. The van der Waals surface area contributed by atoms with E-state index in [1.165, 1.54) is 6.08 Å². The van der Waals surface area contributed by atoms with Crippen molar-refractivity contribution in [1.29, 1.82) is 0 Å². The second-order valence-corrected chi connectivity index (χ2v) is 8.87. The van der Waals surface area contributed by atoms with Crippen LogP contribution in [-0.2, 0) is 0 Å². The number of rotatable bonds is 8. The van der Waals surface area contributed by atoms with Crippen molar-refractivity contribution in [3.63, 3.8) is 0 Å². The van der Waals surface area contributed by atoms with Gasteiger partial charge in [0.05, 0.1) is 6.61 Å². The zero-order valence-electron chi connectivity index (χ0n) is 20.5. The van der Waals surface area contributed by atoms with Crippen LogP contribution < -0.4 is 9.47 Å². The summed E-state index contributed by atoms with van der Waals surface area (Å²) in [5.41, 5.74) is 2.85. The van der Waals surface area contributed by atoms with E-state index in [4.69, 9.17) is 25.5 Å². The molecule has 0 amide bonds. The maximum absolute atomic E-state index is 13.5. The SMILES string of the molecule is CCOc1ccc2oc(-c3ccccc3)c(C(=O)Oc3cccc(/C=C/C(=O)c4ccc(Cl)cc4)c3)c2c1. The van der Waals surface area contributed by atoms with Gasteiger partial charge in [0.2, 0.25) is 0 Å². The summed E-state index contributed by atoms with van der Waals surface area (Å²) in [6, 6.07) is 28.4. The summed E-state index contributed by atoms with van der Waals surface area (Å²) >= 11 is 5.90. The van der Waals surface area contributed by atoms with Gasteiger partial charge in [-0.3, -0.25) is 4.79 Å². The summed E-state index contributed by atoms with van der Waals surface area (Å²) < 4.78 is 17.5. The molecule has 0 fully saturated rings. The Morgan fingerprint density at radius 2 is 1.66 bits per heavy atom. The maximum Gasteiger partial charge on any atom is 0.348 e. The molecule has 4 aromatic carbocycles. The molecule has 0 N–H and O–H groups in total. The zero-order chi connectivity index (χ0) is 26.5. The smallest absolute Gasteiger partial charge is 0.348 e. The van der Waals surface area contributed by atoms with E-state index in [1.807, 2.05) is 43.3 Å². The Balaban J connectivity index is 1.44. The molecule has 0 aliphatic carbocycles. The number of halogens is 1. The largest absolute Gasteiger partial charge is 0.494 e. The molecule has 0 aliphatic heterocycles. The Labute approximate surface area is 224 Å². The lowest BCUT2D eigenvalue weighted by Gasteiger charge is -2.07. The lowest BCUT2D eigenvalue weighted by Crippen LogP contribution is -2.09. The second kappa shape index (κ2) is 11.2. The fraction of sp³-hybridized carbons (Fsp3) is 0.0625. The highest BCUT2D eigenvalue weighted by atomic mass is 35.5. The van der Waals surface area contributed by atoms with Crippen molar-refractivity contribution < 1.29 is 23.5 Å². The Kier molecular flexibility index (Phi) is 7.38. The van der Waals surface area contributed by atoms with Crippen molar-refractivity contribution >= 4 is 40.4 Å². The Hall–Kier alpha value is -4.61. The number of ether oxygens (including phenoxy) is 2. The second-order valence-electron chi connectivity index (χ2n) is 8.43. The number of hydrogen-bond acceptors (Lipinski definition) is 5. The van der Waals surface area contributed by atoms with Crippen molar-refractivity contribution in [3.8, 4) is 22.8 Å². The van der Waals surface area contributed by atoms with Crippen LogP contribution >= 0.6 is 11.6 Å². The Morgan fingerprint density at radius 3 is 2.42 bits per heavy atom. The van der Waals surface area contributed by atoms with Gasteiger partial charge in [-0.15, -0.1) is 0 Å². The molecule has 0 spiro atoms. The van der Waals surface area contributed by atoms with Crippen LogP contribution in [0.4, 0.5) is 0 Å². The van der Waals surface area contributed by atoms with E-state index in [9.17, 15) is 9.59 Å². The number of carbonyl (C=O) groups excluding carboxylic acids is 2. The first kappa shape index (κ1) is 25.1. The van der Waals surface area contributed by atoms with Gasteiger partial charge in [0.1, 0.15) is 28.4 Å². The topological polar surface area (TPSA) is 65.7 Å². The number of carbonyl (C=O) groups is 2. The Morgan fingerprint density at radius 1 is 0.868 bits per heavy atom. The van der Waals surface area contributed by atoms with Gasteiger partial charge >= 0.3 is 5.97 Å². The van der Waals surface area contributed by atoms with Crippen LogP contribution in [-0.4, -0.2) is 18.4 Å². The molecule has 1 aromatic heterocycles. The van der Waals surface area contributed by atoms with E-state index in [-0.39, 0.29) is 5.78 Å². The predicted octanol–water partition coefficient (Wildman–Crippen LogP) is 8.27. The minimum Gasteiger partial charge on any atom is -0.494 e. The number of hydrogen-bond donors (Lipinski definition) is 0. The van der Waals surface area contributed by atoms with Gasteiger partial charge in [0, 0.05) is 21.5 Å². The summed E-state index contributed by atoms with van der Waals surface area (Å²) in [6.45, 7) is 2.39. The van der Waals surface area contributed by atoms with Crippen LogP contribution in [0, 0.1) is 0 Å². The molecule has 5 nitrogen and oxygen atoms in total. The first-order valence-corrected chi connectivity index (χ1v) is 12.4. The number of esters is 1. The molecule has 0 unspecified atom stereocenters. The molecule has 0 aliphatic rings. The lowest BCUT2D eigenvalue weighted by molar-refractivity contribution is 0.0736. The van der Waals surface area contributed by atoms with Crippen LogP contribution in [0.25, 0.3) is 28.4 Å². The minimum atomic E-state index is -0.561. The van der Waals surface area contributed by atoms with E-state index in [1.54, 1.807) is 66.7 Å². The van der Waals surface area contributed by atoms with Gasteiger partial charge in [-0.05, 0) is 73.2 Å². The van der Waals surface area contributed by atoms with Gasteiger partial charge < -0.3 is 13.9 Å². The van der Waals surface area contributed by atoms with Crippen molar-refractivity contribution in [2.45, 2.75) is 6.92 Å². The van der Waals surface area contributed by atoms with Crippen LogP contribution in [0.3, 0.4) is 0 Å². The van der Waals surface area contributed by atoms with E-state index in [0.29, 0.717) is 56.5 Å². The van der Waals surface area contributed by atoms with Crippen molar-refractivity contribution in [2.24, 2.45) is 0 Å². The van der Waals surface area contributed by atoms with Gasteiger partial charge in [-0.2, -0.15) is 0 Å². The molecule has 6 heteroatoms. The average molecular weight is 523 g/mol. The monoisotopic (exact) mass is 522 g/mol. The van der Waals surface area contributed by atoms with Crippen molar-refractivity contribution in [1.82, 2.24) is 0 Å². The number of benzene rings is 4. The Bertz CT molecular complexity index is 1630. The van der Waals surface area contributed by atoms with Crippen LogP contribution in [0.5, 0.6) is 11.5 Å². The van der Waals surface area contributed by atoms with E-state index < -0.39 is 5.97 Å². The molecular weight excluding hydrogens is 500 g/mol. The highest BCUT2D eigenvalue weighted by molar-refractivity contribution is 6.30. The van der Waals surface area contributed by atoms with Gasteiger partial charge in [-0.1, -0.05) is 60.1 Å². The molecule has 0 radical (unpaired) electrons. The van der Waals surface area contributed by atoms with Gasteiger partial charge in [0.25, 0.3) is 0 Å². The first-order valence-electron chi connectivity index (χ1n) is 12.1. The number of fused-ring (bicyclic) bond motifs is 1. The third-order valence-electron chi connectivity index (χ3n) is 5.84. The van der Waals surface area contributed by atoms with Gasteiger partial charge in [-0.25, -0.2) is 4.79 Å². The summed E-state index contributed by atoms with van der Waals surface area (Å²) in [6.07, 6.45) is 3.14. The summed E-state index contributed by atoms with van der Waals surface area (Å²) in [5, 5.41) is 1.17. The van der Waals surface area contributed by atoms with Crippen LogP contribution in [0.1, 0.15) is 33.2 Å². The number of ketones is 1. The number of furan rings is 1. The third kappa shape index (κ3) is 5.53. The molecule has 1 heterocycles. The zero-order valence-corrected chi connectivity index (χ0v) is 21.3. The number of allylic oxidation sites excluding steroid dienone is 1. The highest BCUT2D eigenvalue weighted by Gasteiger charge is 2.24. The summed E-state index contributed by atoms with van der Waals surface area (Å²) in [4.78, 5) is 26.0. The van der Waals surface area contributed by atoms with E-state index in [2.05, 4.69) is 0 Å². The summed E-state index contributed by atoms with van der Waals surface area (Å²) in [7, 11) is 0. The van der Waals surface area contributed by atoms with Crippen LogP contribution in [0.15, 0.2) is 108 Å². The normalized spacial score (nSPS) is 11.1. The average Bonchev–Trinajstić information content (AvgIpc) is 3.32. The molecular formula is C32H23ClO5. The molecule has 0 saturated carbocycles. The first-order chi connectivity index (χ1) is 18.5. The molecule has 5 rings (SSSR count). The summed E-state index contributed by atoms with van der Waals surface area (Å²) in [5.74, 6) is 0.669. The van der Waals surface area contributed by atoms with Crippen molar-refractivity contribution in [3.05, 3.63) is 125 Å².